The van der Waals surface area contributed by atoms with Gasteiger partial charge < -0.3 is 16.0 Å². The van der Waals surface area contributed by atoms with Gasteiger partial charge in [-0.05, 0) is 25.0 Å². The van der Waals surface area contributed by atoms with Crippen molar-refractivity contribution in [2.24, 2.45) is 0 Å². The quantitative estimate of drug-likeness (QED) is 0.806. The first-order valence-electron chi connectivity index (χ1n) is 5.84. The lowest BCUT2D eigenvalue weighted by Crippen LogP contribution is -2.33. The molecule has 18 heavy (non-hydrogen) atoms. The van der Waals surface area contributed by atoms with E-state index in [2.05, 4.69) is 5.32 Å². The Morgan fingerprint density at radius 2 is 2.00 bits per heavy atom. The molecule has 1 heterocycles. The molecule has 1 fully saturated rings. The van der Waals surface area contributed by atoms with Gasteiger partial charge in [0, 0.05) is 13.1 Å². The molecular weight excluding hydrogens is 240 g/mol. The first-order valence-corrected chi connectivity index (χ1v) is 5.84. The second-order valence-corrected chi connectivity index (χ2v) is 4.27. The molecule has 2 rings (SSSR count). The highest BCUT2D eigenvalue weighted by Crippen LogP contribution is 2.24. The predicted octanol–water partition coefficient (Wildman–Crippen LogP) is 1.58. The first kappa shape index (κ1) is 12.6. The topological polar surface area (TPSA) is 58.4 Å². The lowest BCUT2D eigenvalue weighted by molar-refractivity contribution is -0.128. The molecule has 1 aliphatic heterocycles. The van der Waals surface area contributed by atoms with Crippen LogP contribution < -0.4 is 11.1 Å². The van der Waals surface area contributed by atoms with E-state index in [0.717, 1.165) is 32.0 Å². The van der Waals surface area contributed by atoms with Crippen LogP contribution in [0.4, 0.5) is 20.2 Å². The van der Waals surface area contributed by atoms with Crippen molar-refractivity contribution in [3.05, 3.63) is 23.8 Å². The van der Waals surface area contributed by atoms with Crippen molar-refractivity contribution >= 4 is 17.3 Å². The van der Waals surface area contributed by atoms with Gasteiger partial charge in [-0.3, -0.25) is 4.79 Å². The largest absolute Gasteiger partial charge is 0.397 e. The second kappa shape index (κ2) is 5.20. The third kappa shape index (κ3) is 2.52. The van der Waals surface area contributed by atoms with Crippen molar-refractivity contribution in [3.8, 4) is 0 Å². The van der Waals surface area contributed by atoms with E-state index in [9.17, 15) is 13.6 Å². The number of benzene rings is 1. The van der Waals surface area contributed by atoms with Crippen LogP contribution in [0.25, 0.3) is 0 Å². The van der Waals surface area contributed by atoms with Gasteiger partial charge in [-0.1, -0.05) is 0 Å². The molecule has 0 atom stereocenters. The number of likely N-dealkylation sites (tertiary alicyclic amines) is 1. The summed E-state index contributed by atoms with van der Waals surface area (Å²) in [6, 6.07) is 2.22. The number of nitrogens with two attached hydrogens (primary N) is 1. The smallest absolute Gasteiger partial charge is 0.241 e. The van der Waals surface area contributed by atoms with E-state index in [1.54, 1.807) is 4.90 Å². The van der Waals surface area contributed by atoms with Gasteiger partial charge in [0.05, 0.1) is 17.9 Å². The molecule has 0 unspecified atom stereocenters. The molecule has 1 saturated heterocycles. The average Bonchev–Trinajstić information content (AvgIpc) is 2.87. The minimum absolute atomic E-state index is 0.0788. The van der Waals surface area contributed by atoms with Crippen LogP contribution in [0, 0.1) is 11.6 Å². The molecule has 1 aromatic carbocycles. The van der Waals surface area contributed by atoms with Crippen LogP contribution in [0.5, 0.6) is 0 Å². The molecule has 4 nitrogen and oxygen atoms in total. The molecule has 0 aromatic heterocycles. The average molecular weight is 255 g/mol. The van der Waals surface area contributed by atoms with Crippen molar-refractivity contribution < 1.29 is 13.6 Å². The van der Waals surface area contributed by atoms with Gasteiger partial charge in [-0.2, -0.15) is 0 Å². The van der Waals surface area contributed by atoms with Gasteiger partial charge in [0.2, 0.25) is 5.91 Å². The van der Waals surface area contributed by atoms with E-state index in [4.69, 9.17) is 5.73 Å². The minimum atomic E-state index is -1.05. The number of nitrogens with zero attached hydrogens (tertiary/aromatic N) is 1. The molecule has 98 valence electrons. The monoisotopic (exact) mass is 255 g/mol. The number of amides is 1. The van der Waals surface area contributed by atoms with Crippen LogP contribution in [0.2, 0.25) is 0 Å². The highest BCUT2D eigenvalue weighted by Gasteiger charge is 2.19. The lowest BCUT2D eigenvalue weighted by atomic mass is 10.2. The van der Waals surface area contributed by atoms with Gasteiger partial charge in [0.1, 0.15) is 0 Å². The molecule has 0 saturated carbocycles. The fraction of sp³-hybridized carbons (Fsp3) is 0.417. The summed E-state index contributed by atoms with van der Waals surface area (Å²) in [6.07, 6.45) is 1.98. The number of anilines is 2. The molecule has 1 aliphatic rings. The maximum Gasteiger partial charge on any atom is 0.241 e. The van der Waals surface area contributed by atoms with Crippen molar-refractivity contribution in [1.29, 1.82) is 0 Å². The molecule has 0 spiro atoms. The second-order valence-electron chi connectivity index (χ2n) is 4.27. The Balaban J connectivity index is 2.01. The number of halogens is 2. The Labute approximate surface area is 104 Å². The number of carbonyl (C=O) groups excluding carboxylic acids is 1. The van der Waals surface area contributed by atoms with Crippen LogP contribution in [0.3, 0.4) is 0 Å². The molecule has 0 radical (unpaired) electrons. The van der Waals surface area contributed by atoms with Crippen molar-refractivity contribution in [1.82, 2.24) is 4.90 Å². The van der Waals surface area contributed by atoms with Crippen LogP contribution in [-0.2, 0) is 4.79 Å². The number of carbonyl (C=O) groups is 1. The van der Waals surface area contributed by atoms with Crippen LogP contribution >= 0.6 is 0 Å². The van der Waals surface area contributed by atoms with Crippen LogP contribution in [0.15, 0.2) is 12.1 Å². The number of hydrogen-bond acceptors (Lipinski definition) is 3. The van der Waals surface area contributed by atoms with Crippen LogP contribution in [0.1, 0.15) is 12.8 Å². The summed E-state index contributed by atoms with van der Waals surface area (Å²) in [6.45, 7) is 1.37. The van der Waals surface area contributed by atoms with Crippen molar-refractivity contribution in [2.75, 3.05) is 30.7 Å². The highest BCUT2D eigenvalue weighted by atomic mass is 19.2. The standard InChI is InChI=1S/C12H15F2N3O/c13-8-3-4-9(15)12(11(8)14)16-7-10(18)17-5-1-2-6-17/h3-4,16H,1-2,5-7,15H2. The fourth-order valence-electron chi connectivity index (χ4n) is 1.99. The summed E-state index contributed by atoms with van der Waals surface area (Å²) in [4.78, 5) is 13.4. The van der Waals surface area contributed by atoms with Crippen LogP contribution in [-0.4, -0.2) is 30.4 Å². The Kier molecular flexibility index (Phi) is 3.64. The van der Waals surface area contributed by atoms with Crippen molar-refractivity contribution in [2.45, 2.75) is 12.8 Å². The minimum Gasteiger partial charge on any atom is -0.397 e. The van der Waals surface area contributed by atoms with E-state index in [-0.39, 0.29) is 23.8 Å². The van der Waals surface area contributed by atoms with Gasteiger partial charge in [0.15, 0.2) is 11.6 Å². The summed E-state index contributed by atoms with van der Waals surface area (Å²) in [5, 5.41) is 2.57. The summed E-state index contributed by atoms with van der Waals surface area (Å²) in [7, 11) is 0. The molecule has 0 bridgehead atoms. The SMILES string of the molecule is Nc1ccc(F)c(F)c1NCC(=O)N1CCCC1. The maximum absolute atomic E-state index is 13.4. The molecular formula is C12H15F2N3O. The highest BCUT2D eigenvalue weighted by molar-refractivity contribution is 5.82. The van der Waals surface area contributed by atoms with E-state index in [1.165, 1.54) is 6.07 Å². The normalized spacial score (nSPS) is 14.9. The molecule has 6 heteroatoms. The Morgan fingerprint density at radius 3 is 2.67 bits per heavy atom. The van der Waals surface area contributed by atoms with Gasteiger partial charge >= 0.3 is 0 Å². The number of rotatable bonds is 3. The third-order valence-corrected chi connectivity index (χ3v) is 3.00. The summed E-state index contributed by atoms with van der Waals surface area (Å²) >= 11 is 0. The third-order valence-electron chi connectivity index (χ3n) is 3.00. The first-order chi connectivity index (χ1) is 8.59. The number of hydrogen-bond donors (Lipinski definition) is 2. The van der Waals surface area contributed by atoms with E-state index in [1.807, 2.05) is 0 Å². The maximum atomic E-state index is 13.4. The van der Waals surface area contributed by atoms with E-state index >= 15 is 0 Å². The van der Waals surface area contributed by atoms with Gasteiger partial charge in [0.25, 0.3) is 0 Å². The molecule has 0 aliphatic carbocycles. The summed E-state index contributed by atoms with van der Waals surface area (Å²) in [5.41, 5.74) is 5.47. The zero-order valence-corrected chi connectivity index (χ0v) is 9.88. The van der Waals surface area contributed by atoms with E-state index in [0.29, 0.717) is 0 Å². The number of nitrogens with one attached hydrogen (secondary N) is 1. The zero-order chi connectivity index (χ0) is 13.1. The Morgan fingerprint density at radius 1 is 1.33 bits per heavy atom. The zero-order valence-electron chi connectivity index (χ0n) is 9.88. The van der Waals surface area contributed by atoms with E-state index < -0.39 is 11.6 Å². The lowest BCUT2D eigenvalue weighted by Gasteiger charge is -2.17. The predicted molar refractivity (Wildman–Crippen MR) is 65.1 cm³/mol. The fourth-order valence-corrected chi connectivity index (χ4v) is 1.99. The summed E-state index contributed by atoms with van der Waals surface area (Å²) < 4.78 is 26.5. The Bertz CT molecular complexity index is 459. The Hall–Kier alpha value is -1.85. The molecule has 3 N–H and O–H groups in total. The summed E-state index contributed by atoms with van der Waals surface area (Å²) in [5.74, 6) is -2.17. The molecule has 1 aromatic rings. The number of nitrogen functional groups attached to an aromatic ring is 1. The van der Waals surface area contributed by atoms with Gasteiger partial charge in [-0.15, -0.1) is 0 Å². The van der Waals surface area contributed by atoms with Crippen molar-refractivity contribution in [3.63, 3.8) is 0 Å². The van der Waals surface area contributed by atoms with Gasteiger partial charge in [-0.25, -0.2) is 8.78 Å². The molecule has 1 amide bonds.